The molecule has 6 nitrogen and oxygen atoms in total. The topological polar surface area (TPSA) is 58.9 Å². The molecule has 1 aliphatic rings. The molecule has 6 heteroatoms. The van der Waals surface area contributed by atoms with Crippen molar-refractivity contribution < 1.29 is 0 Å². The van der Waals surface area contributed by atoms with Crippen LogP contribution < -0.4 is 5.32 Å². The third kappa shape index (κ3) is 2.51. The van der Waals surface area contributed by atoms with E-state index in [-0.39, 0.29) is 0 Å². The number of nitrogens with one attached hydrogen (secondary N) is 1. The molecule has 1 N–H and O–H groups in total. The minimum atomic E-state index is 0.331. The summed E-state index contributed by atoms with van der Waals surface area (Å²) in [6.07, 6.45) is 0. The predicted molar refractivity (Wildman–Crippen MR) is 56.3 cm³/mol. The average Bonchev–Trinajstić information content (AvgIpc) is 2.67. The molecule has 2 rings (SSSR count). The first-order chi connectivity index (χ1) is 7.27. The summed E-state index contributed by atoms with van der Waals surface area (Å²) in [5.74, 6) is 0.965. The van der Waals surface area contributed by atoms with Gasteiger partial charge in [0.2, 0.25) is 0 Å². The maximum Gasteiger partial charge on any atom is 0.165 e. The maximum absolute atomic E-state index is 4.07. The zero-order chi connectivity index (χ0) is 10.7. The Morgan fingerprint density at radius 3 is 2.73 bits per heavy atom. The van der Waals surface area contributed by atoms with Crippen LogP contribution in [0, 0.1) is 0 Å². The molecular formula is C9H18N6. The fourth-order valence-electron chi connectivity index (χ4n) is 1.79. The van der Waals surface area contributed by atoms with Gasteiger partial charge in [-0.25, -0.2) is 4.68 Å². The van der Waals surface area contributed by atoms with Gasteiger partial charge in [0, 0.05) is 26.2 Å². The van der Waals surface area contributed by atoms with Gasteiger partial charge in [0.1, 0.15) is 0 Å². The number of hydrogen-bond acceptors (Lipinski definition) is 5. The van der Waals surface area contributed by atoms with Gasteiger partial charge in [0.25, 0.3) is 0 Å². The van der Waals surface area contributed by atoms with Gasteiger partial charge in [-0.2, -0.15) is 0 Å². The van der Waals surface area contributed by atoms with Crippen LogP contribution in [0.25, 0.3) is 0 Å². The lowest BCUT2D eigenvalue weighted by molar-refractivity contribution is 0.222. The quantitative estimate of drug-likeness (QED) is 0.739. The van der Waals surface area contributed by atoms with E-state index in [1.807, 2.05) is 4.68 Å². The van der Waals surface area contributed by atoms with E-state index in [1.54, 1.807) is 0 Å². The van der Waals surface area contributed by atoms with E-state index in [2.05, 4.69) is 39.6 Å². The van der Waals surface area contributed by atoms with Gasteiger partial charge in [-0.05, 0) is 24.3 Å². The van der Waals surface area contributed by atoms with E-state index in [9.17, 15) is 0 Å². The molecule has 1 aromatic rings. The maximum atomic E-state index is 4.07. The molecule has 0 saturated carbocycles. The van der Waals surface area contributed by atoms with Crippen LogP contribution in [-0.4, -0.2) is 51.3 Å². The van der Waals surface area contributed by atoms with Crippen molar-refractivity contribution in [3.63, 3.8) is 0 Å². The van der Waals surface area contributed by atoms with E-state index in [1.165, 1.54) is 0 Å². The van der Waals surface area contributed by atoms with Gasteiger partial charge in [0.05, 0.1) is 12.6 Å². The molecule has 0 aromatic carbocycles. The second-order valence-electron chi connectivity index (χ2n) is 4.16. The molecule has 0 atom stereocenters. The molecule has 0 amide bonds. The predicted octanol–water partition coefficient (Wildman–Crippen LogP) is -0.341. The zero-order valence-electron chi connectivity index (χ0n) is 9.35. The summed E-state index contributed by atoms with van der Waals surface area (Å²) in [4.78, 5) is 2.38. The first kappa shape index (κ1) is 10.5. The van der Waals surface area contributed by atoms with Gasteiger partial charge in [-0.1, -0.05) is 0 Å². The van der Waals surface area contributed by atoms with Crippen molar-refractivity contribution in [1.29, 1.82) is 0 Å². The molecular weight excluding hydrogens is 192 g/mol. The fourth-order valence-corrected chi connectivity index (χ4v) is 1.79. The van der Waals surface area contributed by atoms with Crippen molar-refractivity contribution >= 4 is 0 Å². The van der Waals surface area contributed by atoms with Crippen LogP contribution in [0.4, 0.5) is 0 Å². The highest BCUT2D eigenvalue weighted by Gasteiger charge is 2.15. The monoisotopic (exact) mass is 210 g/mol. The Hall–Kier alpha value is -1.01. The molecule has 0 bridgehead atoms. The van der Waals surface area contributed by atoms with Gasteiger partial charge in [-0.3, -0.25) is 4.90 Å². The average molecular weight is 210 g/mol. The summed E-state index contributed by atoms with van der Waals surface area (Å²) in [6, 6.07) is 0.331. The number of piperazine rings is 1. The molecule has 1 aliphatic heterocycles. The lowest BCUT2D eigenvalue weighted by Crippen LogP contribution is -2.43. The van der Waals surface area contributed by atoms with E-state index in [0.29, 0.717) is 6.04 Å². The molecule has 0 spiro atoms. The SMILES string of the molecule is CC(C)n1nnnc1CN1CCNCC1. The van der Waals surface area contributed by atoms with Crippen molar-refractivity contribution in [2.75, 3.05) is 26.2 Å². The van der Waals surface area contributed by atoms with Crippen LogP contribution in [0.5, 0.6) is 0 Å². The van der Waals surface area contributed by atoms with Crippen LogP contribution in [0.2, 0.25) is 0 Å². The van der Waals surface area contributed by atoms with Gasteiger partial charge in [0.15, 0.2) is 5.82 Å². The highest BCUT2D eigenvalue weighted by Crippen LogP contribution is 2.07. The van der Waals surface area contributed by atoms with Crippen LogP contribution in [0.15, 0.2) is 0 Å². The fraction of sp³-hybridized carbons (Fsp3) is 0.889. The van der Waals surface area contributed by atoms with Crippen molar-refractivity contribution in [3.05, 3.63) is 5.82 Å². The lowest BCUT2D eigenvalue weighted by atomic mass is 10.3. The molecule has 15 heavy (non-hydrogen) atoms. The highest BCUT2D eigenvalue weighted by molar-refractivity contribution is 4.84. The number of nitrogens with zero attached hydrogens (tertiary/aromatic N) is 5. The van der Waals surface area contributed by atoms with E-state index >= 15 is 0 Å². The number of hydrogen-bond donors (Lipinski definition) is 1. The third-order valence-electron chi connectivity index (χ3n) is 2.62. The Balaban J connectivity index is 1.99. The minimum Gasteiger partial charge on any atom is -0.314 e. The van der Waals surface area contributed by atoms with Crippen LogP contribution in [0.3, 0.4) is 0 Å². The summed E-state index contributed by atoms with van der Waals surface area (Å²) in [5.41, 5.74) is 0. The number of rotatable bonds is 3. The van der Waals surface area contributed by atoms with E-state index in [4.69, 9.17) is 0 Å². The Labute approximate surface area is 89.6 Å². The Morgan fingerprint density at radius 1 is 1.33 bits per heavy atom. The first-order valence-corrected chi connectivity index (χ1v) is 5.47. The smallest absolute Gasteiger partial charge is 0.165 e. The summed E-state index contributed by atoms with van der Waals surface area (Å²) in [7, 11) is 0. The van der Waals surface area contributed by atoms with Gasteiger partial charge in [-0.15, -0.1) is 5.10 Å². The van der Waals surface area contributed by atoms with E-state index in [0.717, 1.165) is 38.5 Å². The van der Waals surface area contributed by atoms with Crippen molar-refractivity contribution in [1.82, 2.24) is 30.4 Å². The summed E-state index contributed by atoms with van der Waals surface area (Å²) in [5, 5.41) is 15.1. The van der Waals surface area contributed by atoms with Gasteiger partial charge >= 0.3 is 0 Å². The summed E-state index contributed by atoms with van der Waals surface area (Å²) >= 11 is 0. The Kier molecular flexibility index (Phi) is 3.27. The minimum absolute atomic E-state index is 0.331. The highest BCUT2D eigenvalue weighted by atomic mass is 15.6. The lowest BCUT2D eigenvalue weighted by Gasteiger charge is -2.26. The molecule has 1 saturated heterocycles. The summed E-state index contributed by atoms with van der Waals surface area (Å²) < 4.78 is 1.89. The molecule has 0 unspecified atom stereocenters. The standard InChI is InChI=1S/C9H18N6/c1-8(2)15-9(11-12-13-15)7-14-5-3-10-4-6-14/h8,10H,3-7H2,1-2H3. The summed E-state index contributed by atoms with van der Waals surface area (Å²) in [6.45, 7) is 9.31. The molecule has 84 valence electrons. The first-order valence-electron chi connectivity index (χ1n) is 5.47. The van der Waals surface area contributed by atoms with E-state index < -0.39 is 0 Å². The third-order valence-corrected chi connectivity index (χ3v) is 2.62. The zero-order valence-corrected chi connectivity index (χ0v) is 9.35. The molecule has 2 heterocycles. The molecule has 1 fully saturated rings. The Bertz CT molecular complexity index is 301. The van der Waals surface area contributed by atoms with Gasteiger partial charge < -0.3 is 5.32 Å². The van der Waals surface area contributed by atoms with Crippen LogP contribution >= 0.6 is 0 Å². The second kappa shape index (κ2) is 4.67. The van der Waals surface area contributed by atoms with Crippen LogP contribution in [-0.2, 0) is 6.54 Å². The molecule has 1 aromatic heterocycles. The normalized spacial score (nSPS) is 18.6. The van der Waals surface area contributed by atoms with Crippen LogP contribution in [0.1, 0.15) is 25.7 Å². The van der Waals surface area contributed by atoms with Crippen molar-refractivity contribution in [2.24, 2.45) is 0 Å². The van der Waals surface area contributed by atoms with Crippen molar-refractivity contribution in [3.8, 4) is 0 Å². The Morgan fingerprint density at radius 2 is 2.07 bits per heavy atom. The largest absolute Gasteiger partial charge is 0.314 e. The molecule has 0 radical (unpaired) electrons. The second-order valence-corrected chi connectivity index (χ2v) is 4.16. The van der Waals surface area contributed by atoms with Crippen molar-refractivity contribution in [2.45, 2.75) is 26.4 Å². The number of tetrazole rings is 1. The number of aromatic nitrogens is 4. The molecule has 0 aliphatic carbocycles.